The fourth-order valence-electron chi connectivity index (χ4n) is 5.41. The minimum atomic E-state index is -0.423. The van der Waals surface area contributed by atoms with E-state index in [9.17, 15) is 14.9 Å². The minimum absolute atomic E-state index is 0.0409. The molecule has 0 aliphatic carbocycles. The molecule has 43 heavy (non-hydrogen) atoms. The third-order valence-electron chi connectivity index (χ3n) is 7.51. The van der Waals surface area contributed by atoms with E-state index in [0.29, 0.717) is 27.3 Å². The molecule has 2 aromatic heterocycles. The number of carbonyl (C=O) groups is 1. The number of hydrogen-bond donors (Lipinski definition) is 2. The van der Waals surface area contributed by atoms with Crippen molar-refractivity contribution in [2.24, 2.45) is 5.92 Å². The third kappa shape index (κ3) is 5.65. The van der Waals surface area contributed by atoms with Crippen molar-refractivity contribution in [2.75, 3.05) is 17.3 Å². The van der Waals surface area contributed by atoms with Crippen LogP contribution in [0.3, 0.4) is 0 Å². The summed E-state index contributed by atoms with van der Waals surface area (Å²) in [6, 6.07) is 17.0. The molecule has 1 fully saturated rings. The molecule has 10 nitrogen and oxygen atoms in total. The van der Waals surface area contributed by atoms with Crippen molar-refractivity contribution >= 4 is 51.9 Å². The molecule has 0 radical (unpaired) electrons. The molecular formula is C31H31ClN6O4S. The molecule has 2 N–H and O–H groups in total. The van der Waals surface area contributed by atoms with Crippen LogP contribution in [0.25, 0.3) is 5.69 Å². The zero-order chi connectivity index (χ0) is 31.0. The topological polar surface area (TPSA) is 115 Å². The molecule has 0 unspecified atom stereocenters. The summed E-state index contributed by atoms with van der Waals surface area (Å²) in [6.07, 6.45) is 1.74. The van der Waals surface area contributed by atoms with E-state index in [4.69, 9.17) is 28.6 Å². The molecule has 0 saturated carbocycles. The first-order valence-electron chi connectivity index (χ1n) is 13.6. The maximum Gasteiger partial charge on any atom is 0.271 e. The number of methoxy groups -OCH3 is 1. The second kappa shape index (κ2) is 12.0. The van der Waals surface area contributed by atoms with E-state index in [-0.39, 0.29) is 29.6 Å². The van der Waals surface area contributed by atoms with Gasteiger partial charge in [0.05, 0.1) is 46.2 Å². The number of aryl methyl sites for hydroxylation is 1. The molecule has 4 aromatic rings. The van der Waals surface area contributed by atoms with Gasteiger partial charge in [-0.15, -0.1) is 0 Å². The Morgan fingerprint density at radius 2 is 1.93 bits per heavy atom. The van der Waals surface area contributed by atoms with E-state index in [1.807, 2.05) is 61.4 Å². The number of ether oxygens (including phenoxy) is 1. The molecule has 2 aromatic carbocycles. The van der Waals surface area contributed by atoms with Crippen LogP contribution in [0.5, 0.6) is 5.75 Å². The van der Waals surface area contributed by atoms with E-state index in [2.05, 4.69) is 21.7 Å². The van der Waals surface area contributed by atoms with Crippen LogP contribution in [-0.4, -0.2) is 32.6 Å². The maximum absolute atomic E-state index is 12.3. The van der Waals surface area contributed by atoms with Gasteiger partial charge in [0.2, 0.25) is 5.91 Å². The molecule has 2 atom stereocenters. The Kier molecular flexibility index (Phi) is 8.38. The van der Waals surface area contributed by atoms with E-state index >= 15 is 0 Å². The summed E-state index contributed by atoms with van der Waals surface area (Å²) in [5.41, 5.74) is 5.19. The molecular weight excluding hydrogens is 588 g/mol. The predicted molar refractivity (Wildman–Crippen MR) is 171 cm³/mol. The first-order valence-corrected chi connectivity index (χ1v) is 14.4. The molecule has 5 rings (SSSR count). The van der Waals surface area contributed by atoms with E-state index in [0.717, 1.165) is 28.3 Å². The van der Waals surface area contributed by atoms with Crippen molar-refractivity contribution < 1.29 is 14.5 Å². The number of hydrogen-bond acceptors (Lipinski definition) is 6. The van der Waals surface area contributed by atoms with Gasteiger partial charge in [0, 0.05) is 41.3 Å². The summed E-state index contributed by atoms with van der Waals surface area (Å²) in [5, 5.41) is 18.8. The number of carbonyl (C=O) groups excluding carboxylic acids is 1. The van der Waals surface area contributed by atoms with Crippen molar-refractivity contribution in [2.45, 2.75) is 39.8 Å². The lowest BCUT2D eigenvalue weighted by molar-refractivity contribution is -0.384. The van der Waals surface area contributed by atoms with Gasteiger partial charge in [0.15, 0.2) is 5.11 Å². The number of amides is 1. The van der Waals surface area contributed by atoms with Crippen LogP contribution in [0.15, 0.2) is 66.9 Å². The number of nitro benzene ring substituents is 1. The number of nitro groups is 1. The van der Waals surface area contributed by atoms with Gasteiger partial charge < -0.3 is 24.8 Å². The summed E-state index contributed by atoms with van der Waals surface area (Å²) < 4.78 is 7.55. The third-order valence-corrected chi connectivity index (χ3v) is 8.14. The summed E-state index contributed by atoms with van der Waals surface area (Å²) >= 11 is 12.6. The van der Waals surface area contributed by atoms with Gasteiger partial charge in [-0.3, -0.25) is 19.9 Å². The maximum atomic E-state index is 12.3. The monoisotopic (exact) mass is 618 g/mol. The predicted octanol–water partition coefficient (Wildman–Crippen LogP) is 6.83. The highest BCUT2D eigenvalue weighted by Gasteiger charge is 2.42. The largest absolute Gasteiger partial charge is 0.495 e. The van der Waals surface area contributed by atoms with E-state index in [1.54, 1.807) is 24.4 Å². The Bertz CT molecular complexity index is 1720. The van der Waals surface area contributed by atoms with E-state index in [1.165, 1.54) is 19.2 Å². The summed E-state index contributed by atoms with van der Waals surface area (Å²) in [5.74, 6) is 0.169. The highest BCUT2D eigenvalue weighted by molar-refractivity contribution is 7.80. The Labute approximate surface area is 259 Å². The zero-order valence-electron chi connectivity index (χ0n) is 24.3. The number of pyridine rings is 1. The number of thiocarbonyl (C=S) groups is 1. The average Bonchev–Trinajstić information content (AvgIpc) is 3.48. The number of benzene rings is 2. The molecule has 3 heterocycles. The summed E-state index contributed by atoms with van der Waals surface area (Å²) in [6.45, 7) is 7.54. The lowest BCUT2D eigenvalue weighted by Crippen LogP contribution is -2.29. The van der Waals surface area contributed by atoms with Crippen molar-refractivity contribution in [3.63, 3.8) is 0 Å². The van der Waals surface area contributed by atoms with Crippen molar-refractivity contribution in [3.05, 3.63) is 105 Å². The average molecular weight is 619 g/mol. The van der Waals surface area contributed by atoms with Gasteiger partial charge in [-0.25, -0.2) is 0 Å². The Hall–Kier alpha value is -4.48. The van der Waals surface area contributed by atoms with Gasteiger partial charge in [0.25, 0.3) is 5.69 Å². The molecule has 1 aliphatic rings. The number of rotatable bonds is 8. The van der Waals surface area contributed by atoms with Crippen LogP contribution in [-0.2, 0) is 4.79 Å². The normalized spacial score (nSPS) is 16.3. The highest BCUT2D eigenvalue weighted by Crippen LogP contribution is 2.45. The molecule has 0 bridgehead atoms. The molecule has 222 valence electrons. The Balaban J connectivity index is 1.66. The SMILES string of the molecule is COc1ccc([N+](=O)[O-])cc1-n1c(C)cc([C@H]2[C@@H](c3ccccn3)NC(=S)N2c2ccc(NC(=O)C(C)C)c(Cl)c2)c1C. The zero-order valence-corrected chi connectivity index (χ0v) is 25.9. The van der Waals surface area contributed by atoms with Crippen LogP contribution >= 0.6 is 23.8 Å². The fourth-order valence-corrected chi connectivity index (χ4v) is 5.97. The number of aromatic nitrogens is 2. The highest BCUT2D eigenvalue weighted by atomic mass is 35.5. The van der Waals surface area contributed by atoms with Crippen molar-refractivity contribution in [1.29, 1.82) is 0 Å². The van der Waals surface area contributed by atoms with Crippen molar-refractivity contribution in [1.82, 2.24) is 14.9 Å². The first kappa shape index (κ1) is 30.0. The first-order chi connectivity index (χ1) is 20.5. The molecule has 1 aliphatic heterocycles. The molecule has 12 heteroatoms. The van der Waals surface area contributed by atoms with Crippen LogP contribution in [0.1, 0.15) is 48.6 Å². The second-order valence-corrected chi connectivity index (χ2v) is 11.4. The number of nitrogens with one attached hydrogen (secondary N) is 2. The van der Waals surface area contributed by atoms with Gasteiger partial charge in [-0.1, -0.05) is 31.5 Å². The van der Waals surface area contributed by atoms with Crippen LogP contribution in [0.4, 0.5) is 17.1 Å². The number of nitrogens with zero attached hydrogens (tertiary/aromatic N) is 4. The quantitative estimate of drug-likeness (QED) is 0.125. The molecule has 1 amide bonds. The summed E-state index contributed by atoms with van der Waals surface area (Å²) in [7, 11) is 1.54. The van der Waals surface area contributed by atoms with Gasteiger partial charge in [-0.2, -0.15) is 0 Å². The van der Waals surface area contributed by atoms with Gasteiger partial charge in [-0.05, 0) is 74.1 Å². The van der Waals surface area contributed by atoms with E-state index < -0.39 is 4.92 Å². The van der Waals surface area contributed by atoms with Crippen molar-refractivity contribution in [3.8, 4) is 11.4 Å². The number of non-ortho nitro benzene ring substituents is 1. The minimum Gasteiger partial charge on any atom is -0.495 e. The standard InChI is InChI=1S/C31H31ClN6O4S/c1-17(2)30(39)34-24-11-9-20(15-23(24)32)37-29(28(35-31(37)43)25-8-6-7-13-33-25)22-14-18(3)36(19(22)4)26-16-21(38(40)41)10-12-27(26)42-5/h6-17,28-29H,1-5H3,(H,34,39)(H,35,43)/t28-,29+/m1/s1. The summed E-state index contributed by atoms with van der Waals surface area (Å²) in [4.78, 5) is 30.2. The number of anilines is 2. The Morgan fingerprint density at radius 3 is 2.56 bits per heavy atom. The molecule has 0 spiro atoms. The van der Waals surface area contributed by atoms with Gasteiger partial charge >= 0.3 is 0 Å². The smallest absolute Gasteiger partial charge is 0.271 e. The van der Waals surface area contributed by atoms with Crippen LogP contribution in [0, 0.1) is 29.9 Å². The van der Waals surface area contributed by atoms with Crippen LogP contribution in [0.2, 0.25) is 5.02 Å². The molecule has 1 saturated heterocycles. The Morgan fingerprint density at radius 1 is 1.16 bits per heavy atom. The fraction of sp³-hybridized carbons (Fsp3) is 0.258. The second-order valence-electron chi connectivity index (χ2n) is 10.6. The lowest BCUT2D eigenvalue weighted by Gasteiger charge is -2.28. The van der Waals surface area contributed by atoms with Gasteiger partial charge in [0.1, 0.15) is 5.75 Å². The number of halogens is 1. The van der Waals surface area contributed by atoms with Crippen LogP contribution < -0.4 is 20.3 Å². The lowest BCUT2D eigenvalue weighted by atomic mass is 9.96.